The summed E-state index contributed by atoms with van der Waals surface area (Å²) in [6.07, 6.45) is 0. The van der Waals surface area contributed by atoms with Crippen LogP contribution in [-0.2, 0) is 9.53 Å². The smallest absolute Gasteiger partial charge is 0.348 e. The summed E-state index contributed by atoms with van der Waals surface area (Å²) in [5, 5.41) is 20.7. The van der Waals surface area contributed by atoms with Crippen molar-refractivity contribution in [2.45, 2.75) is 37.3 Å². The van der Waals surface area contributed by atoms with Crippen LogP contribution in [-0.4, -0.2) is 33.9 Å². The zero-order valence-electron chi connectivity index (χ0n) is 14.1. The Balaban J connectivity index is 2.15. The largest absolute Gasteiger partial charge is 0.462 e. The van der Waals surface area contributed by atoms with Crippen molar-refractivity contribution in [3.05, 3.63) is 21.0 Å². The summed E-state index contributed by atoms with van der Waals surface area (Å²) >= 11 is 3.76. The van der Waals surface area contributed by atoms with E-state index in [9.17, 15) is 14.9 Å². The van der Waals surface area contributed by atoms with E-state index in [1.54, 1.807) is 20.8 Å². The van der Waals surface area contributed by atoms with E-state index in [2.05, 4.69) is 15.5 Å². The summed E-state index contributed by atoms with van der Waals surface area (Å²) in [6.45, 7) is 7.21. The zero-order chi connectivity index (χ0) is 18.6. The second kappa shape index (κ2) is 8.42. The van der Waals surface area contributed by atoms with Crippen molar-refractivity contribution < 1.29 is 14.3 Å². The van der Waals surface area contributed by atoms with Crippen LogP contribution in [0.25, 0.3) is 0 Å². The maximum Gasteiger partial charge on any atom is 0.348 e. The molecule has 2 aromatic heterocycles. The van der Waals surface area contributed by atoms with Gasteiger partial charge in [-0.1, -0.05) is 23.1 Å². The van der Waals surface area contributed by atoms with Gasteiger partial charge in [-0.15, -0.1) is 21.5 Å². The number of carbonyl (C=O) groups excluding carboxylic acids is 2. The molecule has 132 valence electrons. The molecule has 0 aromatic carbocycles. The van der Waals surface area contributed by atoms with Gasteiger partial charge in [-0.05, 0) is 33.3 Å². The van der Waals surface area contributed by atoms with Crippen LogP contribution >= 0.6 is 34.4 Å². The Bertz CT molecular complexity index is 838. The Kier molecular flexibility index (Phi) is 6.52. The highest BCUT2D eigenvalue weighted by atomic mass is 32.2. The third kappa shape index (κ3) is 4.56. The first kappa shape index (κ1) is 19.4. The normalized spacial score (nSPS) is 11.6. The Morgan fingerprint density at radius 3 is 2.64 bits per heavy atom. The van der Waals surface area contributed by atoms with Gasteiger partial charge in [-0.3, -0.25) is 4.79 Å². The van der Waals surface area contributed by atoms with Crippen molar-refractivity contribution in [1.29, 1.82) is 5.26 Å². The molecular weight excluding hydrogens is 380 g/mol. The van der Waals surface area contributed by atoms with Gasteiger partial charge in [-0.2, -0.15) is 5.26 Å². The Hall–Kier alpha value is -1.96. The standard InChI is InChI=1S/C15H16N4O3S3/c1-5-22-14(21)11-7(2)10(6-16)13(25-11)17-12(20)8(3)23-15-19-18-9(4)24-15/h8H,5H2,1-4H3,(H,17,20). The minimum absolute atomic E-state index is 0.245. The van der Waals surface area contributed by atoms with Crippen molar-refractivity contribution in [2.75, 3.05) is 11.9 Å². The fourth-order valence-electron chi connectivity index (χ4n) is 1.87. The summed E-state index contributed by atoms with van der Waals surface area (Å²) in [5.74, 6) is -0.764. The number of nitrogens with one attached hydrogen (secondary N) is 1. The van der Waals surface area contributed by atoms with Gasteiger partial charge >= 0.3 is 5.97 Å². The highest BCUT2D eigenvalue weighted by Crippen LogP contribution is 2.34. The van der Waals surface area contributed by atoms with Gasteiger partial charge in [0.15, 0.2) is 4.34 Å². The van der Waals surface area contributed by atoms with Gasteiger partial charge in [0, 0.05) is 0 Å². The molecule has 0 aliphatic heterocycles. The summed E-state index contributed by atoms with van der Waals surface area (Å²) < 4.78 is 5.69. The van der Waals surface area contributed by atoms with Gasteiger partial charge in [0.05, 0.1) is 17.4 Å². The molecule has 1 amide bonds. The van der Waals surface area contributed by atoms with Gasteiger partial charge in [0.25, 0.3) is 0 Å². The lowest BCUT2D eigenvalue weighted by atomic mass is 10.2. The van der Waals surface area contributed by atoms with Crippen molar-refractivity contribution in [1.82, 2.24) is 10.2 Å². The molecule has 2 rings (SSSR count). The first-order valence-electron chi connectivity index (χ1n) is 7.35. The number of amides is 1. The van der Waals surface area contributed by atoms with Crippen molar-refractivity contribution in [3.8, 4) is 6.07 Å². The number of thiophene rings is 1. The van der Waals surface area contributed by atoms with Crippen LogP contribution in [0, 0.1) is 25.2 Å². The molecule has 1 unspecified atom stereocenters. The maximum atomic E-state index is 12.4. The van der Waals surface area contributed by atoms with E-state index in [1.165, 1.54) is 23.1 Å². The zero-order valence-corrected chi connectivity index (χ0v) is 16.5. The van der Waals surface area contributed by atoms with Crippen LogP contribution in [0.4, 0.5) is 5.00 Å². The van der Waals surface area contributed by atoms with E-state index in [0.717, 1.165) is 16.3 Å². The first-order chi connectivity index (χ1) is 11.9. The number of nitriles is 1. The Labute approximate surface area is 157 Å². The number of aryl methyl sites for hydroxylation is 1. The molecule has 0 saturated heterocycles. The fourth-order valence-corrected chi connectivity index (χ4v) is 4.89. The molecule has 2 heterocycles. The predicted octanol–water partition coefficient (Wildman–Crippen LogP) is 3.38. The van der Waals surface area contributed by atoms with Crippen molar-refractivity contribution in [2.24, 2.45) is 0 Å². The number of rotatable bonds is 6. The molecule has 1 N–H and O–H groups in total. The van der Waals surface area contributed by atoms with E-state index in [-0.39, 0.29) is 18.1 Å². The molecule has 0 spiro atoms. The van der Waals surface area contributed by atoms with Crippen LogP contribution in [0.3, 0.4) is 0 Å². The maximum absolute atomic E-state index is 12.4. The summed E-state index contributed by atoms with van der Waals surface area (Å²) in [5.41, 5.74) is 0.798. The molecule has 1 atom stereocenters. The number of hydrogen-bond acceptors (Lipinski definition) is 9. The molecule has 0 aliphatic carbocycles. The van der Waals surface area contributed by atoms with Gasteiger partial charge in [0.1, 0.15) is 21.0 Å². The first-order valence-corrected chi connectivity index (χ1v) is 9.86. The lowest BCUT2D eigenvalue weighted by Crippen LogP contribution is -2.22. The van der Waals surface area contributed by atoms with Crippen LogP contribution in [0.2, 0.25) is 0 Å². The van der Waals surface area contributed by atoms with Crippen LogP contribution in [0.5, 0.6) is 0 Å². The molecule has 0 radical (unpaired) electrons. The Morgan fingerprint density at radius 2 is 2.08 bits per heavy atom. The lowest BCUT2D eigenvalue weighted by Gasteiger charge is -2.09. The lowest BCUT2D eigenvalue weighted by molar-refractivity contribution is -0.115. The average molecular weight is 397 g/mol. The quantitative estimate of drug-likeness (QED) is 0.589. The molecule has 2 aromatic rings. The molecular formula is C15H16N4O3S3. The monoisotopic (exact) mass is 396 g/mol. The topological polar surface area (TPSA) is 105 Å². The number of carbonyl (C=O) groups is 2. The van der Waals surface area contributed by atoms with Crippen LogP contribution in [0.15, 0.2) is 4.34 Å². The molecule has 10 heteroatoms. The minimum Gasteiger partial charge on any atom is -0.462 e. The molecule has 0 aliphatic rings. The molecule has 0 saturated carbocycles. The highest BCUT2D eigenvalue weighted by molar-refractivity contribution is 8.02. The second-order valence-corrected chi connectivity index (χ2v) is 8.72. The average Bonchev–Trinajstić information content (AvgIpc) is 3.10. The third-order valence-corrected chi connectivity index (χ3v) is 6.32. The van der Waals surface area contributed by atoms with Crippen molar-refractivity contribution >= 4 is 51.3 Å². The van der Waals surface area contributed by atoms with Crippen LogP contribution < -0.4 is 5.32 Å². The molecule has 0 fully saturated rings. The number of thioether (sulfide) groups is 1. The summed E-state index contributed by atoms with van der Waals surface area (Å²) in [4.78, 5) is 24.7. The minimum atomic E-state index is -0.492. The predicted molar refractivity (Wildman–Crippen MR) is 98.3 cm³/mol. The van der Waals surface area contributed by atoms with Gasteiger partial charge in [0.2, 0.25) is 5.91 Å². The molecule has 25 heavy (non-hydrogen) atoms. The SMILES string of the molecule is CCOC(=O)c1sc(NC(=O)C(C)Sc2nnc(C)s2)c(C#N)c1C. The van der Waals surface area contributed by atoms with Crippen molar-refractivity contribution in [3.63, 3.8) is 0 Å². The fraction of sp³-hybridized carbons (Fsp3) is 0.400. The third-order valence-electron chi connectivity index (χ3n) is 3.11. The van der Waals surface area contributed by atoms with E-state index in [4.69, 9.17) is 4.74 Å². The number of nitrogens with zero attached hydrogens (tertiary/aromatic N) is 3. The summed E-state index contributed by atoms with van der Waals surface area (Å²) in [6, 6.07) is 2.04. The highest BCUT2D eigenvalue weighted by Gasteiger charge is 2.24. The summed E-state index contributed by atoms with van der Waals surface area (Å²) in [7, 11) is 0. The number of hydrogen-bond donors (Lipinski definition) is 1. The number of anilines is 1. The Morgan fingerprint density at radius 1 is 1.36 bits per heavy atom. The number of esters is 1. The van der Waals surface area contributed by atoms with E-state index in [0.29, 0.717) is 19.8 Å². The van der Waals surface area contributed by atoms with E-state index in [1.807, 2.05) is 13.0 Å². The molecule has 0 bridgehead atoms. The molecule has 7 nitrogen and oxygen atoms in total. The second-order valence-electron chi connectivity index (χ2n) is 4.93. The van der Waals surface area contributed by atoms with E-state index >= 15 is 0 Å². The number of aromatic nitrogens is 2. The van der Waals surface area contributed by atoms with Crippen LogP contribution in [0.1, 0.15) is 39.7 Å². The van der Waals surface area contributed by atoms with Gasteiger partial charge < -0.3 is 10.1 Å². The van der Waals surface area contributed by atoms with E-state index < -0.39 is 11.2 Å². The van der Waals surface area contributed by atoms with Gasteiger partial charge in [-0.25, -0.2) is 4.79 Å². The number of ether oxygens (including phenoxy) is 1.